The van der Waals surface area contributed by atoms with Crippen LogP contribution in [-0.4, -0.2) is 34.8 Å². The average molecular weight is 297 g/mol. The highest BCUT2D eigenvalue weighted by Gasteiger charge is 2.16. The molecule has 112 valence electrons. The van der Waals surface area contributed by atoms with Crippen molar-refractivity contribution in [3.8, 4) is 11.5 Å². The highest BCUT2D eigenvalue weighted by atomic mass is 16.5. The van der Waals surface area contributed by atoms with E-state index in [1.54, 1.807) is 14.2 Å². The first-order valence-electron chi connectivity index (χ1n) is 6.63. The standard InChI is InChI=1S/C15H15N5O2/c1-21-13-7-3-11(4-8-13)20(15-16-18-19-17-15)12-5-9-14(22-2)10-6-12/h3-10H,1-2H3,(H,16,17,18,19). The molecule has 0 spiro atoms. The number of tetrazole rings is 1. The van der Waals surface area contributed by atoms with Gasteiger partial charge in [-0.15, -0.1) is 5.10 Å². The Balaban J connectivity index is 2.02. The van der Waals surface area contributed by atoms with Gasteiger partial charge in [0.1, 0.15) is 11.5 Å². The molecule has 7 nitrogen and oxygen atoms in total. The molecule has 0 unspecified atom stereocenters. The van der Waals surface area contributed by atoms with Crippen LogP contribution in [0.1, 0.15) is 0 Å². The number of anilines is 3. The van der Waals surface area contributed by atoms with Crippen molar-refractivity contribution in [3.63, 3.8) is 0 Å². The number of benzene rings is 2. The lowest BCUT2D eigenvalue weighted by Crippen LogP contribution is -2.11. The van der Waals surface area contributed by atoms with Crippen molar-refractivity contribution >= 4 is 17.3 Å². The van der Waals surface area contributed by atoms with Gasteiger partial charge in [0.25, 0.3) is 5.95 Å². The third-order valence-electron chi connectivity index (χ3n) is 3.20. The minimum absolute atomic E-state index is 0.454. The molecule has 0 bridgehead atoms. The number of nitrogens with one attached hydrogen (secondary N) is 1. The maximum absolute atomic E-state index is 5.19. The van der Waals surface area contributed by atoms with Crippen LogP contribution in [0, 0.1) is 0 Å². The van der Waals surface area contributed by atoms with Crippen LogP contribution in [0.25, 0.3) is 0 Å². The summed E-state index contributed by atoms with van der Waals surface area (Å²) in [5.74, 6) is 2.02. The summed E-state index contributed by atoms with van der Waals surface area (Å²) >= 11 is 0. The predicted octanol–water partition coefficient (Wildman–Crippen LogP) is 2.69. The van der Waals surface area contributed by atoms with Crippen molar-refractivity contribution in [3.05, 3.63) is 48.5 Å². The third-order valence-corrected chi connectivity index (χ3v) is 3.20. The molecule has 0 radical (unpaired) electrons. The molecule has 0 aliphatic heterocycles. The van der Waals surface area contributed by atoms with Crippen LogP contribution in [0.5, 0.6) is 11.5 Å². The molecule has 7 heteroatoms. The van der Waals surface area contributed by atoms with E-state index in [1.165, 1.54) is 0 Å². The fraction of sp³-hybridized carbons (Fsp3) is 0.133. The van der Waals surface area contributed by atoms with Gasteiger partial charge in [-0.05, 0) is 53.7 Å². The van der Waals surface area contributed by atoms with E-state index >= 15 is 0 Å². The van der Waals surface area contributed by atoms with E-state index in [-0.39, 0.29) is 0 Å². The summed E-state index contributed by atoms with van der Waals surface area (Å²) in [6.45, 7) is 0. The zero-order chi connectivity index (χ0) is 15.4. The van der Waals surface area contributed by atoms with E-state index in [0.29, 0.717) is 5.95 Å². The molecule has 3 rings (SSSR count). The lowest BCUT2D eigenvalue weighted by atomic mass is 10.2. The van der Waals surface area contributed by atoms with Crippen molar-refractivity contribution in [1.82, 2.24) is 20.6 Å². The van der Waals surface area contributed by atoms with Crippen LogP contribution in [0.15, 0.2) is 48.5 Å². The van der Waals surface area contributed by atoms with Gasteiger partial charge in [-0.2, -0.15) is 5.21 Å². The molecular formula is C15H15N5O2. The van der Waals surface area contributed by atoms with Gasteiger partial charge >= 0.3 is 0 Å². The Labute approximate surface area is 127 Å². The summed E-state index contributed by atoms with van der Waals surface area (Å²) in [4.78, 5) is 1.88. The van der Waals surface area contributed by atoms with E-state index in [1.807, 2.05) is 53.4 Å². The number of nitrogens with zero attached hydrogens (tertiary/aromatic N) is 4. The fourth-order valence-electron chi connectivity index (χ4n) is 2.09. The van der Waals surface area contributed by atoms with E-state index in [2.05, 4.69) is 20.6 Å². The summed E-state index contributed by atoms with van der Waals surface area (Å²) in [5, 5.41) is 14.2. The average Bonchev–Trinajstić information content (AvgIpc) is 3.10. The summed E-state index contributed by atoms with van der Waals surface area (Å²) in [5.41, 5.74) is 1.79. The molecule has 0 atom stereocenters. The largest absolute Gasteiger partial charge is 0.497 e. The van der Waals surface area contributed by atoms with Crippen LogP contribution in [0.3, 0.4) is 0 Å². The van der Waals surface area contributed by atoms with Crippen LogP contribution >= 0.6 is 0 Å². The highest BCUT2D eigenvalue weighted by Crippen LogP contribution is 2.33. The van der Waals surface area contributed by atoms with Crippen LogP contribution in [0.4, 0.5) is 17.3 Å². The van der Waals surface area contributed by atoms with Gasteiger partial charge in [-0.3, -0.25) is 4.90 Å². The summed E-state index contributed by atoms with van der Waals surface area (Å²) in [7, 11) is 3.27. The summed E-state index contributed by atoms with van der Waals surface area (Å²) in [6, 6.07) is 15.2. The zero-order valence-electron chi connectivity index (χ0n) is 12.2. The molecule has 2 aromatic carbocycles. The van der Waals surface area contributed by atoms with E-state index < -0.39 is 0 Å². The second kappa shape index (κ2) is 6.13. The molecule has 3 aromatic rings. The van der Waals surface area contributed by atoms with Gasteiger partial charge in [0, 0.05) is 11.4 Å². The lowest BCUT2D eigenvalue weighted by Gasteiger charge is -2.21. The third kappa shape index (κ3) is 2.69. The maximum Gasteiger partial charge on any atom is 0.274 e. The topological polar surface area (TPSA) is 76.2 Å². The van der Waals surface area contributed by atoms with Crippen molar-refractivity contribution < 1.29 is 9.47 Å². The number of hydrogen-bond donors (Lipinski definition) is 1. The first kappa shape index (κ1) is 13.9. The number of rotatable bonds is 5. The minimum Gasteiger partial charge on any atom is -0.497 e. The number of ether oxygens (including phenoxy) is 2. The Morgan fingerprint density at radius 3 is 1.68 bits per heavy atom. The van der Waals surface area contributed by atoms with Gasteiger partial charge in [0.15, 0.2) is 0 Å². The second-order valence-corrected chi connectivity index (χ2v) is 4.44. The normalized spacial score (nSPS) is 10.3. The van der Waals surface area contributed by atoms with Crippen LogP contribution in [-0.2, 0) is 0 Å². The smallest absolute Gasteiger partial charge is 0.274 e. The molecule has 0 aliphatic carbocycles. The van der Waals surface area contributed by atoms with Crippen LogP contribution < -0.4 is 14.4 Å². The van der Waals surface area contributed by atoms with Crippen molar-refractivity contribution in [2.75, 3.05) is 19.1 Å². The predicted molar refractivity (Wildman–Crippen MR) is 82.0 cm³/mol. The van der Waals surface area contributed by atoms with E-state index in [4.69, 9.17) is 9.47 Å². The monoisotopic (exact) mass is 297 g/mol. The second-order valence-electron chi connectivity index (χ2n) is 4.44. The fourth-order valence-corrected chi connectivity index (χ4v) is 2.09. The number of methoxy groups -OCH3 is 2. The molecule has 0 aliphatic rings. The van der Waals surface area contributed by atoms with Gasteiger partial charge in [0.05, 0.1) is 14.2 Å². The molecule has 1 N–H and O–H groups in total. The van der Waals surface area contributed by atoms with Gasteiger partial charge in [-0.1, -0.05) is 5.10 Å². The Kier molecular flexibility index (Phi) is 3.86. The Morgan fingerprint density at radius 1 is 0.818 bits per heavy atom. The molecule has 0 fully saturated rings. The highest BCUT2D eigenvalue weighted by molar-refractivity contribution is 5.72. The SMILES string of the molecule is COc1ccc(N(c2ccc(OC)cc2)c2nn[nH]n2)cc1. The number of aromatic nitrogens is 4. The number of H-pyrrole nitrogens is 1. The summed E-state index contributed by atoms with van der Waals surface area (Å²) in [6.07, 6.45) is 0. The zero-order valence-corrected chi connectivity index (χ0v) is 12.2. The lowest BCUT2D eigenvalue weighted by molar-refractivity contribution is 0.415. The van der Waals surface area contributed by atoms with Gasteiger partial charge in [0.2, 0.25) is 0 Å². The molecule has 0 saturated carbocycles. The quantitative estimate of drug-likeness (QED) is 0.780. The number of hydrogen-bond acceptors (Lipinski definition) is 6. The molecule has 22 heavy (non-hydrogen) atoms. The molecule has 1 aromatic heterocycles. The van der Waals surface area contributed by atoms with Crippen molar-refractivity contribution in [2.24, 2.45) is 0 Å². The first-order valence-corrected chi connectivity index (χ1v) is 6.63. The Bertz CT molecular complexity index is 663. The Morgan fingerprint density at radius 2 is 1.32 bits per heavy atom. The van der Waals surface area contributed by atoms with Crippen molar-refractivity contribution in [1.29, 1.82) is 0 Å². The Hall–Kier alpha value is -3.09. The summed E-state index contributed by atoms with van der Waals surface area (Å²) < 4.78 is 10.4. The number of aromatic amines is 1. The molecule has 1 heterocycles. The van der Waals surface area contributed by atoms with Gasteiger partial charge in [-0.25, -0.2) is 0 Å². The van der Waals surface area contributed by atoms with E-state index in [0.717, 1.165) is 22.9 Å². The molecule has 0 amide bonds. The van der Waals surface area contributed by atoms with Gasteiger partial charge < -0.3 is 9.47 Å². The molecular weight excluding hydrogens is 282 g/mol. The van der Waals surface area contributed by atoms with Crippen molar-refractivity contribution in [2.45, 2.75) is 0 Å². The minimum atomic E-state index is 0.454. The first-order chi connectivity index (χ1) is 10.8. The van der Waals surface area contributed by atoms with Crippen LogP contribution in [0.2, 0.25) is 0 Å². The maximum atomic E-state index is 5.19. The van der Waals surface area contributed by atoms with E-state index in [9.17, 15) is 0 Å². The molecule has 0 saturated heterocycles.